The monoisotopic (exact) mass is 623 g/mol. The zero-order valence-corrected chi connectivity index (χ0v) is 26.9. The molecule has 1 unspecified atom stereocenters. The van der Waals surface area contributed by atoms with Crippen LogP contribution in [0.3, 0.4) is 0 Å². The third kappa shape index (κ3) is 5.71. The smallest absolute Gasteiger partial charge is 0.157 e. The number of fused-ring (bicyclic) bond motifs is 3. The number of ether oxygens (including phenoxy) is 1. The van der Waals surface area contributed by atoms with E-state index in [1.807, 2.05) is 54.6 Å². The highest BCUT2D eigenvalue weighted by Gasteiger charge is 2.30. The van der Waals surface area contributed by atoms with Crippen LogP contribution in [0.5, 0.6) is 0 Å². The molecule has 1 atom stereocenters. The number of hydrogen-bond acceptors (Lipinski definition) is 2. The first-order chi connectivity index (χ1) is 23.6. The van der Waals surface area contributed by atoms with Crippen LogP contribution >= 0.6 is 0 Å². The Balaban J connectivity index is 1.27. The fourth-order valence-corrected chi connectivity index (χ4v) is 7.28. The molecular weight excluding hydrogens is 587 g/mol. The number of allylic oxidation sites excluding steroid dienone is 10. The van der Waals surface area contributed by atoms with Crippen LogP contribution in [0.2, 0.25) is 0 Å². The third-order valence-electron chi connectivity index (χ3n) is 9.59. The van der Waals surface area contributed by atoms with Gasteiger partial charge in [-0.2, -0.15) is 0 Å². The molecule has 4 nitrogen and oxygen atoms in total. The highest BCUT2D eigenvalue weighted by atomic mass is 16.5. The summed E-state index contributed by atoms with van der Waals surface area (Å²) < 4.78 is 6.41. The van der Waals surface area contributed by atoms with Crippen LogP contribution < -0.4 is 5.73 Å². The first kappa shape index (κ1) is 29.6. The second-order valence-electron chi connectivity index (χ2n) is 12.7. The van der Waals surface area contributed by atoms with Gasteiger partial charge in [-0.3, -0.25) is 4.99 Å². The van der Waals surface area contributed by atoms with E-state index in [9.17, 15) is 0 Å². The Kier molecular flexibility index (Phi) is 7.91. The number of nitrogens with zero attached hydrogens (tertiary/aromatic N) is 2. The van der Waals surface area contributed by atoms with E-state index in [0.29, 0.717) is 36.3 Å². The van der Waals surface area contributed by atoms with E-state index in [1.165, 1.54) is 33.0 Å². The third-order valence-corrected chi connectivity index (χ3v) is 9.59. The molecule has 0 amide bonds. The lowest BCUT2D eigenvalue weighted by Crippen LogP contribution is -2.19. The number of aliphatic imine (C=N–C) groups is 2. The standard InChI is InChI=1S/C44H37N3O/c1-29-25-33(35-23-24-40-37-19-10-9-18-36(37)39-21-12-20-38(35)42(39)40)27-34(26-32-17-8-11-22-41(32)48-29)43(45)47-44(31-15-6-3-7-16-31)46-28-30-13-4-2-5-14-30/h2-7,9-16,19-25,27,36H,1,8,17-18,26,28H2,(H2,45,46,47)/b33-25+,34-27+. The van der Waals surface area contributed by atoms with Crippen molar-refractivity contribution in [2.24, 2.45) is 15.7 Å². The minimum Gasteiger partial charge on any atom is -0.458 e. The lowest BCUT2D eigenvalue weighted by Gasteiger charge is -2.17. The molecule has 0 saturated carbocycles. The number of benzene rings is 4. The minimum absolute atomic E-state index is 0.403. The zero-order chi connectivity index (χ0) is 32.5. The summed E-state index contributed by atoms with van der Waals surface area (Å²) >= 11 is 0. The molecule has 0 aromatic heterocycles. The van der Waals surface area contributed by atoms with Crippen molar-refractivity contribution in [3.05, 3.63) is 191 Å². The zero-order valence-electron chi connectivity index (χ0n) is 26.9. The summed E-state index contributed by atoms with van der Waals surface area (Å²) in [7, 11) is 0. The first-order valence-corrected chi connectivity index (χ1v) is 16.7. The predicted octanol–water partition coefficient (Wildman–Crippen LogP) is 10.1. The Morgan fingerprint density at radius 2 is 1.69 bits per heavy atom. The van der Waals surface area contributed by atoms with Crippen LogP contribution in [0.15, 0.2) is 173 Å². The molecule has 1 heterocycles. The van der Waals surface area contributed by atoms with Crippen LogP contribution in [0, 0.1) is 0 Å². The molecule has 4 aromatic rings. The molecule has 234 valence electrons. The topological polar surface area (TPSA) is 60.0 Å². The van der Waals surface area contributed by atoms with E-state index in [2.05, 4.69) is 85.5 Å². The fraction of sp³-hybridized carbons (Fsp3) is 0.136. The van der Waals surface area contributed by atoms with Crippen LogP contribution in [0.25, 0.3) is 21.9 Å². The van der Waals surface area contributed by atoms with Crippen molar-refractivity contribution >= 4 is 33.6 Å². The van der Waals surface area contributed by atoms with E-state index in [4.69, 9.17) is 20.5 Å². The molecule has 1 aliphatic heterocycles. The SMILES string of the molecule is C=C1/C=C(c2ccc3c4c(cccc24)C2CC=CC=C32)\C=C(\C(N)=NC(=NCc2ccccc2)c2ccccc2)CC2=C(C=CCC2)O1. The maximum atomic E-state index is 7.03. The van der Waals surface area contributed by atoms with Crippen molar-refractivity contribution in [3.63, 3.8) is 0 Å². The Hall–Kier alpha value is -5.74. The average Bonchev–Trinajstić information content (AvgIpc) is 3.48. The lowest BCUT2D eigenvalue weighted by atomic mass is 9.89. The van der Waals surface area contributed by atoms with E-state index in [1.54, 1.807) is 0 Å². The van der Waals surface area contributed by atoms with Gasteiger partial charge in [-0.05, 0) is 92.8 Å². The van der Waals surface area contributed by atoms with Gasteiger partial charge in [0.1, 0.15) is 17.4 Å². The Morgan fingerprint density at radius 3 is 2.54 bits per heavy atom. The highest BCUT2D eigenvalue weighted by molar-refractivity contribution is 6.13. The summed E-state index contributed by atoms with van der Waals surface area (Å²) in [6, 6.07) is 31.5. The maximum absolute atomic E-state index is 7.03. The van der Waals surface area contributed by atoms with Gasteiger partial charge in [0.25, 0.3) is 0 Å². The Labute approximate surface area is 282 Å². The molecule has 3 aliphatic carbocycles. The molecule has 0 spiro atoms. The predicted molar refractivity (Wildman–Crippen MR) is 199 cm³/mol. The van der Waals surface area contributed by atoms with E-state index in [-0.39, 0.29) is 0 Å². The summed E-state index contributed by atoms with van der Waals surface area (Å²) in [6.45, 7) is 4.84. The van der Waals surface area contributed by atoms with Crippen molar-refractivity contribution in [1.82, 2.24) is 0 Å². The van der Waals surface area contributed by atoms with Gasteiger partial charge in [-0.1, -0.05) is 122 Å². The van der Waals surface area contributed by atoms with Crippen molar-refractivity contribution in [2.45, 2.75) is 38.1 Å². The van der Waals surface area contributed by atoms with Gasteiger partial charge >= 0.3 is 0 Å². The molecule has 0 bridgehead atoms. The Bertz CT molecular complexity index is 2190. The molecule has 4 aliphatic rings. The summed E-state index contributed by atoms with van der Waals surface area (Å²) in [5.41, 5.74) is 17.4. The number of amidine groups is 2. The number of nitrogens with two attached hydrogens (primary N) is 1. The van der Waals surface area contributed by atoms with Crippen molar-refractivity contribution < 1.29 is 4.74 Å². The van der Waals surface area contributed by atoms with E-state index in [0.717, 1.165) is 52.9 Å². The van der Waals surface area contributed by atoms with Gasteiger partial charge in [0.05, 0.1) is 6.54 Å². The summed E-state index contributed by atoms with van der Waals surface area (Å²) in [4.78, 5) is 10.0. The quantitative estimate of drug-likeness (QED) is 0.178. The van der Waals surface area contributed by atoms with Crippen LogP contribution in [-0.2, 0) is 11.3 Å². The Morgan fingerprint density at radius 1 is 0.875 bits per heavy atom. The second-order valence-corrected chi connectivity index (χ2v) is 12.7. The molecule has 0 saturated heterocycles. The molecule has 4 aromatic carbocycles. The van der Waals surface area contributed by atoms with Gasteiger partial charge in [-0.15, -0.1) is 0 Å². The van der Waals surface area contributed by atoms with E-state index < -0.39 is 0 Å². The number of rotatable bonds is 5. The molecule has 2 N–H and O–H groups in total. The first-order valence-electron chi connectivity index (χ1n) is 16.7. The minimum atomic E-state index is 0.403. The maximum Gasteiger partial charge on any atom is 0.157 e. The van der Waals surface area contributed by atoms with Gasteiger partial charge in [0.2, 0.25) is 0 Å². The van der Waals surface area contributed by atoms with Gasteiger partial charge in [-0.25, -0.2) is 4.99 Å². The van der Waals surface area contributed by atoms with Gasteiger partial charge < -0.3 is 10.5 Å². The largest absolute Gasteiger partial charge is 0.458 e. The van der Waals surface area contributed by atoms with Crippen molar-refractivity contribution in [1.29, 1.82) is 0 Å². The molecular formula is C44H37N3O. The highest BCUT2D eigenvalue weighted by Crippen LogP contribution is 2.50. The summed E-state index contributed by atoms with van der Waals surface area (Å²) in [6.07, 6.45) is 18.7. The van der Waals surface area contributed by atoms with Crippen molar-refractivity contribution in [3.8, 4) is 0 Å². The number of hydrogen-bond donors (Lipinski definition) is 1. The normalized spacial score (nSPS) is 21.2. The molecule has 0 radical (unpaired) electrons. The van der Waals surface area contributed by atoms with Gasteiger partial charge in [0.15, 0.2) is 5.84 Å². The van der Waals surface area contributed by atoms with Crippen molar-refractivity contribution in [2.75, 3.05) is 0 Å². The molecule has 8 rings (SSSR count). The van der Waals surface area contributed by atoms with Crippen LogP contribution in [-0.4, -0.2) is 11.7 Å². The average molecular weight is 624 g/mol. The summed E-state index contributed by atoms with van der Waals surface area (Å²) in [5, 5.41) is 2.55. The fourth-order valence-electron chi connectivity index (χ4n) is 7.28. The second kappa shape index (κ2) is 12.8. The molecule has 48 heavy (non-hydrogen) atoms. The molecule has 0 fully saturated rings. The lowest BCUT2D eigenvalue weighted by molar-refractivity contribution is 0.329. The summed E-state index contributed by atoms with van der Waals surface area (Å²) in [5.74, 6) is 2.89. The van der Waals surface area contributed by atoms with Crippen LogP contribution in [0.1, 0.15) is 59.4 Å². The van der Waals surface area contributed by atoms with Gasteiger partial charge in [0, 0.05) is 17.9 Å². The van der Waals surface area contributed by atoms with Crippen LogP contribution in [0.4, 0.5) is 0 Å². The van der Waals surface area contributed by atoms with E-state index >= 15 is 0 Å². The molecule has 4 heteroatoms.